The van der Waals surface area contributed by atoms with Crippen molar-refractivity contribution in [2.24, 2.45) is 0 Å². The summed E-state index contributed by atoms with van der Waals surface area (Å²) in [6.45, 7) is 0. The zero-order valence-electron chi connectivity index (χ0n) is 7.35. The number of rotatable bonds is 0. The fraction of sp³-hybridized carbons (Fsp3) is 0. The van der Waals surface area contributed by atoms with Crippen molar-refractivity contribution in [3.8, 4) is 11.9 Å². The normalized spacial score (nSPS) is 11.7. The van der Waals surface area contributed by atoms with Crippen molar-refractivity contribution >= 4 is 10.8 Å². The van der Waals surface area contributed by atoms with Crippen molar-refractivity contribution in [2.75, 3.05) is 0 Å². The molecule has 3 aromatic rings. The van der Waals surface area contributed by atoms with Gasteiger partial charge in [0.15, 0.2) is 0 Å². The summed E-state index contributed by atoms with van der Waals surface area (Å²) in [6, 6.07) is 5.97. The number of benzene rings is 1. The lowest BCUT2D eigenvalue weighted by molar-refractivity contribution is 0.405. The molecule has 3 heterocycles. The highest BCUT2D eigenvalue weighted by atomic mass is 16.7. The molecular formula is C10H4O5. The van der Waals surface area contributed by atoms with Crippen LogP contribution in [0.2, 0.25) is 0 Å². The summed E-state index contributed by atoms with van der Waals surface area (Å²) in [4.78, 5) is 22.8. The van der Waals surface area contributed by atoms with E-state index in [9.17, 15) is 9.59 Å². The molecule has 0 atom stereocenters. The molecule has 0 radical (unpaired) electrons. The maximum absolute atomic E-state index is 11.4. The first-order valence-corrected chi connectivity index (χ1v) is 4.20. The molecule has 1 aliphatic rings. The first-order valence-electron chi connectivity index (χ1n) is 4.20. The zero-order valence-corrected chi connectivity index (χ0v) is 7.35. The molecule has 0 unspecified atom stereocenters. The highest BCUT2D eigenvalue weighted by molar-refractivity contribution is 5.61. The van der Waals surface area contributed by atoms with Gasteiger partial charge >= 0.3 is 23.1 Å². The van der Waals surface area contributed by atoms with Crippen LogP contribution < -0.4 is 16.0 Å². The Hall–Kier alpha value is -2.30. The predicted octanol–water partition coefficient (Wildman–Crippen LogP) is 1.41. The molecule has 0 aliphatic carbocycles. The third-order valence-electron chi connectivity index (χ3n) is 2.04. The van der Waals surface area contributed by atoms with Gasteiger partial charge in [0, 0.05) is 0 Å². The van der Waals surface area contributed by atoms with Crippen LogP contribution in [0, 0.1) is 0 Å². The minimum atomic E-state index is -0.538. The second-order valence-corrected chi connectivity index (χ2v) is 3.03. The molecule has 0 amide bonds. The minimum absolute atomic E-state index is 0.0456. The Balaban J connectivity index is 2.58. The van der Waals surface area contributed by atoms with E-state index in [1.54, 1.807) is 0 Å². The molecule has 15 heavy (non-hydrogen) atoms. The van der Waals surface area contributed by atoms with Gasteiger partial charge in [-0.1, -0.05) is 0 Å². The van der Waals surface area contributed by atoms with E-state index < -0.39 is 11.3 Å². The molecule has 0 fully saturated rings. The number of hydrogen-bond donors (Lipinski definition) is 0. The highest BCUT2D eigenvalue weighted by Gasteiger charge is 2.27. The van der Waals surface area contributed by atoms with E-state index in [1.165, 1.54) is 24.3 Å². The van der Waals surface area contributed by atoms with Gasteiger partial charge in [0.05, 0.1) is 10.8 Å². The van der Waals surface area contributed by atoms with Gasteiger partial charge in [-0.2, -0.15) is 0 Å². The van der Waals surface area contributed by atoms with Crippen LogP contribution in [-0.2, 0) is 0 Å². The molecule has 74 valence electrons. The largest absolute Gasteiger partial charge is 0.383 e. The monoisotopic (exact) mass is 204 g/mol. The second-order valence-electron chi connectivity index (χ2n) is 3.03. The maximum Gasteiger partial charge on any atom is 0.381 e. The Kier molecular flexibility index (Phi) is 1.39. The summed E-state index contributed by atoms with van der Waals surface area (Å²) in [5, 5.41) is 0.714. The molecule has 5 nitrogen and oxygen atoms in total. The van der Waals surface area contributed by atoms with Crippen molar-refractivity contribution in [2.45, 2.75) is 0 Å². The van der Waals surface area contributed by atoms with Gasteiger partial charge < -0.3 is 13.6 Å². The smallest absolute Gasteiger partial charge is 0.381 e. The summed E-state index contributed by atoms with van der Waals surface area (Å²) in [7, 11) is 0. The summed E-state index contributed by atoms with van der Waals surface area (Å²) in [5.41, 5.74) is -1.08. The standard InChI is InChI=1S/C10H4O5/c11-7-5-1-2-6(4-3-5)8(12)14-10-9(13-7)15-10/h1-4H. The van der Waals surface area contributed by atoms with Crippen molar-refractivity contribution in [3.05, 3.63) is 45.1 Å². The quantitative estimate of drug-likeness (QED) is 0.517. The fourth-order valence-corrected chi connectivity index (χ4v) is 1.21. The molecule has 2 bridgehead atoms. The summed E-state index contributed by atoms with van der Waals surface area (Å²) in [6.07, 6.45) is 0. The molecule has 1 aliphatic heterocycles. The fourth-order valence-electron chi connectivity index (χ4n) is 1.21. The van der Waals surface area contributed by atoms with Gasteiger partial charge in [-0.05, 0) is 24.3 Å². The van der Waals surface area contributed by atoms with Crippen molar-refractivity contribution in [1.82, 2.24) is 0 Å². The summed E-state index contributed by atoms with van der Waals surface area (Å²) >= 11 is 0. The van der Waals surface area contributed by atoms with E-state index >= 15 is 0 Å². The van der Waals surface area contributed by atoms with Crippen molar-refractivity contribution in [1.29, 1.82) is 0 Å². The summed E-state index contributed by atoms with van der Waals surface area (Å²) < 4.78 is 14.2. The lowest BCUT2D eigenvalue weighted by Crippen LogP contribution is -1.97. The third kappa shape index (κ3) is 1.25. The van der Waals surface area contributed by atoms with Crippen LogP contribution in [0.4, 0.5) is 0 Å². The average Bonchev–Trinajstić information content (AvgIpc) is 2.96. The first kappa shape index (κ1) is 8.05. The molecule has 2 aromatic heterocycles. The Bertz CT molecular complexity index is 612. The third-order valence-corrected chi connectivity index (χ3v) is 2.04. The van der Waals surface area contributed by atoms with E-state index in [-0.39, 0.29) is 11.9 Å². The Morgan fingerprint density at radius 2 is 1.13 bits per heavy atom. The molecule has 5 heteroatoms. The van der Waals surface area contributed by atoms with E-state index in [0.29, 0.717) is 10.8 Å². The SMILES string of the molecule is O=c1oc2c(oc(=O)c3ccc1cc3)O2. The summed E-state index contributed by atoms with van der Waals surface area (Å²) in [5.74, 6) is -0.0911. The second kappa shape index (κ2) is 2.60. The van der Waals surface area contributed by atoms with Crippen LogP contribution in [0.3, 0.4) is 0 Å². The van der Waals surface area contributed by atoms with E-state index in [1.807, 2.05) is 0 Å². The number of ether oxygens (including phenoxy) is 1. The van der Waals surface area contributed by atoms with Gasteiger partial charge in [0.1, 0.15) is 0 Å². The molecule has 1 aromatic carbocycles. The Morgan fingerprint density at radius 1 is 0.733 bits per heavy atom. The average molecular weight is 204 g/mol. The van der Waals surface area contributed by atoms with Crippen molar-refractivity contribution < 1.29 is 13.6 Å². The Labute approximate surface area is 82.2 Å². The molecule has 0 saturated heterocycles. The number of hydrogen-bond acceptors (Lipinski definition) is 5. The molecule has 0 N–H and O–H groups in total. The van der Waals surface area contributed by atoms with Crippen LogP contribution >= 0.6 is 0 Å². The van der Waals surface area contributed by atoms with Crippen molar-refractivity contribution in [3.63, 3.8) is 0 Å². The van der Waals surface area contributed by atoms with Gasteiger partial charge in [0.2, 0.25) is 0 Å². The lowest BCUT2D eigenvalue weighted by Gasteiger charge is -1.85. The van der Waals surface area contributed by atoms with Crippen LogP contribution in [0.25, 0.3) is 10.8 Å². The Morgan fingerprint density at radius 3 is 1.53 bits per heavy atom. The molecular weight excluding hydrogens is 200 g/mol. The van der Waals surface area contributed by atoms with Crippen LogP contribution in [0.5, 0.6) is 11.9 Å². The van der Waals surface area contributed by atoms with Gasteiger partial charge in [-0.25, -0.2) is 9.59 Å². The van der Waals surface area contributed by atoms with Gasteiger partial charge in [-0.15, -0.1) is 0 Å². The topological polar surface area (TPSA) is 73.0 Å². The number of fused-ring (bicyclic) bond motifs is 4. The molecule has 0 saturated carbocycles. The van der Waals surface area contributed by atoms with Crippen LogP contribution in [-0.4, -0.2) is 0 Å². The maximum atomic E-state index is 11.4. The molecule has 0 spiro atoms. The van der Waals surface area contributed by atoms with E-state index in [0.717, 1.165) is 0 Å². The first-order chi connectivity index (χ1) is 7.24. The lowest BCUT2D eigenvalue weighted by atomic mass is 10.2. The molecule has 4 rings (SSSR count). The van der Waals surface area contributed by atoms with Gasteiger partial charge in [0.25, 0.3) is 0 Å². The minimum Gasteiger partial charge on any atom is -0.383 e. The zero-order chi connectivity index (χ0) is 10.4. The van der Waals surface area contributed by atoms with Crippen LogP contribution in [0.15, 0.2) is 42.7 Å². The van der Waals surface area contributed by atoms with Crippen LogP contribution in [0.1, 0.15) is 0 Å². The van der Waals surface area contributed by atoms with E-state index in [4.69, 9.17) is 8.83 Å². The highest BCUT2D eigenvalue weighted by Crippen LogP contribution is 2.41. The van der Waals surface area contributed by atoms with E-state index in [2.05, 4.69) is 4.74 Å². The van der Waals surface area contributed by atoms with Gasteiger partial charge in [-0.3, -0.25) is 0 Å². The predicted molar refractivity (Wildman–Crippen MR) is 49.9 cm³/mol.